The fourth-order valence-electron chi connectivity index (χ4n) is 3.10. The lowest BCUT2D eigenvalue weighted by molar-refractivity contribution is -0.150. The van der Waals surface area contributed by atoms with Crippen molar-refractivity contribution in [2.24, 2.45) is 0 Å². The van der Waals surface area contributed by atoms with E-state index in [1.165, 1.54) is 6.92 Å². The summed E-state index contributed by atoms with van der Waals surface area (Å²) in [5, 5.41) is -0.477. The van der Waals surface area contributed by atoms with E-state index in [-0.39, 0.29) is 11.5 Å². The molecule has 0 saturated carbocycles. The second kappa shape index (κ2) is 8.02. The smallest absolute Gasteiger partial charge is 0.329 e. The van der Waals surface area contributed by atoms with E-state index < -0.39 is 23.2 Å². The number of imide groups is 1. The number of carbonyl (C=O) groups is 3. The van der Waals surface area contributed by atoms with Gasteiger partial charge in [0.05, 0.1) is 11.5 Å². The van der Waals surface area contributed by atoms with Crippen molar-refractivity contribution in [1.29, 1.82) is 0 Å². The summed E-state index contributed by atoms with van der Waals surface area (Å²) in [7, 11) is 0. The Morgan fingerprint density at radius 1 is 1.32 bits per heavy atom. The molecule has 146 valence electrons. The normalized spacial score (nSPS) is 16.7. The molecule has 2 amide bonds. The number of amides is 2. The van der Waals surface area contributed by atoms with E-state index in [1.54, 1.807) is 19.2 Å². The van der Waals surface area contributed by atoms with Gasteiger partial charge in [0, 0.05) is 17.6 Å². The monoisotopic (exact) mass is 399 g/mol. The number of pyridine rings is 1. The molecule has 2 aromatic heterocycles. The molecule has 0 bridgehead atoms. The first-order valence-corrected chi connectivity index (χ1v) is 9.70. The van der Waals surface area contributed by atoms with Crippen LogP contribution in [0, 0.1) is 13.8 Å². The van der Waals surface area contributed by atoms with Crippen LogP contribution in [0.4, 0.5) is 4.79 Å². The Kier molecular flexibility index (Phi) is 5.69. The fourth-order valence-corrected chi connectivity index (χ4v) is 3.99. The Hall–Kier alpha value is -2.87. The van der Waals surface area contributed by atoms with E-state index in [1.807, 2.05) is 42.7 Å². The van der Waals surface area contributed by atoms with Crippen LogP contribution in [0.15, 0.2) is 35.4 Å². The van der Waals surface area contributed by atoms with Gasteiger partial charge in [-0.1, -0.05) is 6.07 Å². The topological polar surface area (TPSA) is 81.5 Å². The van der Waals surface area contributed by atoms with Crippen molar-refractivity contribution in [2.45, 2.75) is 33.7 Å². The van der Waals surface area contributed by atoms with Crippen LogP contribution < -0.4 is 0 Å². The molecule has 0 aromatic carbocycles. The van der Waals surface area contributed by atoms with Crippen molar-refractivity contribution in [2.75, 3.05) is 6.61 Å². The second-order valence-electron chi connectivity index (χ2n) is 6.33. The van der Waals surface area contributed by atoms with Crippen molar-refractivity contribution in [3.63, 3.8) is 0 Å². The van der Waals surface area contributed by atoms with Crippen LogP contribution >= 0.6 is 11.8 Å². The summed E-state index contributed by atoms with van der Waals surface area (Å²) in [5.41, 5.74) is 2.68. The molecule has 1 unspecified atom stereocenters. The van der Waals surface area contributed by atoms with Crippen LogP contribution in [0.25, 0.3) is 11.9 Å². The predicted molar refractivity (Wildman–Crippen MR) is 107 cm³/mol. The molecule has 3 rings (SSSR count). The SMILES string of the molecule is CCOC(=O)C(C)N1C(=O)S/C(=C\c2cc(C)n(-c3ccccn3)c2C)C1=O. The quantitative estimate of drug-likeness (QED) is 0.566. The molecule has 8 heteroatoms. The van der Waals surface area contributed by atoms with E-state index in [0.717, 1.165) is 39.4 Å². The number of aromatic nitrogens is 2. The fraction of sp³-hybridized carbons (Fsp3) is 0.300. The zero-order chi connectivity index (χ0) is 20.4. The number of aryl methyl sites for hydroxylation is 1. The van der Waals surface area contributed by atoms with Gasteiger partial charge in [0.25, 0.3) is 11.1 Å². The van der Waals surface area contributed by atoms with Crippen LogP contribution in [0.1, 0.15) is 30.8 Å². The second-order valence-corrected chi connectivity index (χ2v) is 7.32. The summed E-state index contributed by atoms with van der Waals surface area (Å²) in [4.78, 5) is 42.6. The maximum atomic E-state index is 12.7. The number of carbonyl (C=O) groups excluding carboxylic acids is 3. The third-order valence-corrected chi connectivity index (χ3v) is 5.36. The highest BCUT2D eigenvalue weighted by molar-refractivity contribution is 8.18. The van der Waals surface area contributed by atoms with Gasteiger partial charge in [-0.15, -0.1) is 0 Å². The summed E-state index contributed by atoms with van der Waals surface area (Å²) < 4.78 is 6.91. The average molecular weight is 399 g/mol. The Balaban J connectivity index is 1.92. The summed E-state index contributed by atoms with van der Waals surface area (Å²) in [6.07, 6.45) is 3.40. The zero-order valence-electron chi connectivity index (χ0n) is 16.1. The summed E-state index contributed by atoms with van der Waals surface area (Å²) in [6, 6.07) is 6.63. The van der Waals surface area contributed by atoms with Crippen molar-refractivity contribution in [3.8, 4) is 5.82 Å². The van der Waals surface area contributed by atoms with E-state index >= 15 is 0 Å². The maximum Gasteiger partial charge on any atom is 0.329 e. The van der Waals surface area contributed by atoms with Gasteiger partial charge in [0.15, 0.2) is 0 Å². The molecule has 1 saturated heterocycles. The number of hydrogen-bond donors (Lipinski definition) is 0. The van der Waals surface area contributed by atoms with Crippen molar-refractivity contribution < 1.29 is 19.1 Å². The molecule has 7 nitrogen and oxygen atoms in total. The van der Waals surface area contributed by atoms with Gasteiger partial charge in [0.1, 0.15) is 11.9 Å². The van der Waals surface area contributed by atoms with Gasteiger partial charge in [-0.25, -0.2) is 9.78 Å². The highest BCUT2D eigenvalue weighted by Gasteiger charge is 2.41. The molecule has 1 aliphatic rings. The summed E-state index contributed by atoms with van der Waals surface area (Å²) in [5.74, 6) is -0.307. The number of rotatable bonds is 5. The first-order valence-electron chi connectivity index (χ1n) is 8.89. The molecule has 0 radical (unpaired) electrons. The zero-order valence-corrected chi connectivity index (χ0v) is 16.9. The summed E-state index contributed by atoms with van der Waals surface area (Å²) >= 11 is 0.826. The minimum Gasteiger partial charge on any atom is -0.464 e. The minimum atomic E-state index is -0.959. The molecule has 1 aliphatic heterocycles. The van der Waals surface area contributed by atoms with Crippen LogP contribution in [0.3, 0.4) is 0 Å². The number of hydrogen-bond acceptors (Lipinski definition) is 6. The van der Waals surface area contributed by atoms with Gasteiger partial charge in [-0.2, -0.15) is 0 Å². The molecule has 0 aliphatic carbocycles. The Morgan fingerprint density at radius 3 is 2.71 bits per heavy atom. The average Bonchev–Trinajstić information content (AvgIpc) is 3.10. The van der Waals surface area contributed by atoms with Crippen molar-refractivity contribution in [1.82, 2.24) is 14.5 Å². The Bertz CT molecular complexity index is 965. The lowest BCUT2D eigenvalue weighted by atomic mass is 10.2. The molecule has 0 spiro atoms. The summed E-state index contributed by atoms with van der Waals surface area (Å²) in [6.45, 7) is 7.24. The van der Waals surface area contributed by atoms with E-state index in [2.05, 4.69) is 4.98 Å². The van der Waals surface area contributed by atoms with Crippen molar-refractivity contribution >= 4 is 35.0 Å². The number of nitrogens with zero attached hydrogens (tertiary/aromatic N) is 3. The van der Waals surface area contributed by atoms with Crippen LogP contribution in [0.5, 0.6) is 0 Å². The van der Waals surface area contributed by atoms with Crippen LogP contribution in [0.2, 0.25) is 0 Å². The lowest BCUT2D eigenvalue weighted by Crippen LogP contribution is -2.42. The van der Waals surface area contributed by atoms with Gasteiger partial charge in [-0.3, -0.25) is 14.5 Å². The van der Waals surface area contributed by atoms with Crippen LogP contribution in [-0.2, 0) is 14.3 Å². The highest BCUT2D eigenvalue weighted by atomic mass is 32.2. The molecular formula is C20H21N3O4S. The predicted octanol–water partition coefficient (Wildman–Crippen LogP) is 3.48. The maximum absolute atomic E-state index is 12.7. The molecule has 1 atom stereocenters. The van der Waals surface area contributed by atoms with Crippen LogP contribution in [-0.4, -0.2) is 44.2 Å². The molecule has 0 N–H and O–H groups in total. The van der Waals surface area contributed by atoms with Gasteiger partial charge >= 0.3 is 5.97 Å². The molecule has 2 aromatic rings. The van der Waals surface area contributed by atoms with Gasteiger partial charge in [0.2, 0.25) is 0 Å². The third-order valence-electron chi connectivity index (χ3n) is 4.47. The van der Waals surface area contributed by atoms with Gasteiger partial charge < -0.3 is 9.30 Å². The molecular weight excluding hydrogens is 378 g/mol. The number of ether oxygens (including phenoxy) is 1. The largest absolute Gasteiger partial charge is 0.464 e. The molecule has 1 fully saturated rings. The number of thioether (sulfide) groups is 1. The number of esters is 1. The van der Waals surface area contributed by atoms with Crippen molar-refractivity contribution in [3.05, 3.63) is 52.3 Å². The first-order chi connectivity index (χ1) is 13.3. The third kappa shape index (κ3) is 3.60. The van der Waals surface area contributed by atoms with E-state index in [9.17, 15) is 14.4 Å². The van der Waals surface area contributed by atoms with E-state index in [0.29, 0.717) is 0 Å². The van der Waals surface area contributed by atoms with E-state index in [4.69, 9.17) is 4.74 Å². The molecule has 28 heavy (non-hydrogen) atoms. The molecule has 3 heterocycles. The van der Waals surface area contributed by atoms with Gasteiger partial charge in [-0.05, 0) is 69.3 Å². The standard InChI is InChI=1S/C20H21N3O4S/c1-5-27-19(25)14(4)23-18(24)16(28-20(23)26)11-15-10-12(2)22(13(15)3)17-8-6-7-9-21-17/h6-11,14H,5H2,1-4H3/b16-11-. The Labute approximate surface area is 167 Å². The Morgan fingerprint density at radius 2 is 2.07 bits per heavy atom. The lowest BCUT2D eigenvalue weighted by Gasteiger charge is -2.19. The minimum absolute atomic E-state index is 0.189. The first kappa shape index (κ1) is 19.9. The highest BCUT2D eigenvalue weighted by Crippen LogP contribution is 2.35.